The van der Waals surface area contributed by atoms with Crippen LogP contribution in [-0.4, -0.2) is 24.7 Å². The van der Waals surface area contributed by atoms with Crippen molar-refractivity contribution in [1.29, 1.82) is 5.26 Å². The van der Waals surface area contributed by atoms with Gasteiger partial charge in [0.1, 0.15) is 11.9 Å². The number of pyridine rings is 1. The van der Waals surface area contributed by atoms with Gasteiger partial charge in [-0.1, -0.05) is 13.3 Å². The minimum absolute atomic E-state index is 0.573. The summed E-state index contributed by atoms with van der Waals surface area (Å²) in [5, 5.41) is 12.0. The molecule has 0 aliphatic carbocycles. The number of aromatic nitrogens is 1. The summed E-state index contributed by atoms with van der Waals surface area (Å²) in [6.45, 7) is 6.15. The van der Waals surface area contributed by atoms with Crippen molar-refractivity contribution in [2.24, 2.45) is 0 Å². The minimum atomic E-state index is 0.573. The van der Waals surface area contributed by atoms with Gasteiger partial charge in [-0.05, 0) is 25.5 Å². The SMILES string of the molecule is CCCCOCCNc1nc(C)ccc1C#N. The number of nitrogens with one attached hydrogen (secondary N) is 1. The fourth-order valence-electron chi connectivity index (χ4n) is 1.37. The van der Waals surface area contributed by atoms with Crippen LogP contribution in [0.2, 0.25) is 0 Å². The first-order chi connectivity index (χ1) is 8.27. The molecule has 0 atom stereocenters. The van der Waals surface area contributed by atoms with E-state index >= 15 is 0 Å². The first-order valence-corrected chi connectivity index (χ1v) is 5.97. The number of anilines is 1. The molecule has 1 rings (SSSR count). The summed E-state index contributed by atoms with van der Waals surface area (Å²) in [6, 6.07) is 5.73. The Labute approximate surface area is 103 Å². The number of rotatable bonds is 7. The lowest BCUT2D eigenvalue weighted by Gasteiger charge is -2.08. The molecule has 0 aromatic carbocycles. The lowest BCUT2D eigenvalue weighted by molar-refractivity contribution is 0.141. The van der Waals surface area contributed by atoms with Crippen molar-refractivity contribution >= 4 is 5.82 Å². The van der Waals surface area contributed by atoms with Crippen molar-refractivity contribution in [3.63, 3.8) is 0 Å². The Bertz CT molecular complexity index is 385. The molecule has 92 valence electrons. The maximum absolute atomic E-state index is 8.92. The van der Waals surface area contributed by atoms with E-state index in [1.165, 1.54) is 0 Å². The Morgan fingerprint density at radius 3 is 2.94 bits per heavy atom. The molecule has 4 nitrogen and oxygen atoms in total. The van der Waals surface area contributed by atoms with Crippen molar-refractivity contribution in [3.05, 3.63) is 23.4 Å². The Morgan fingerprint density at radius 2 is 2.24 bits per heavy atom. The van der Waals surface area contributed by atoms with E-state index in [1.807, 2.05) is 13.0 Å². The molecule has 0 radical (unpaired) electrons. The third-order valence-electron chi connectivity index (χ3n) is 2.34. The van der Waals surface area contributed by atoms with Crippen LogP contribution in [0.5, 0.6) is 0 Å². The quantitative estimate of drug-likeness (QED) is 0.735. The van der Waals surface area contributed by atoms with Gasteiger partial charge in [0.05, 0.1) is 12.2 Å². The smallest absolute Gasteiger partial charge is 0.144 e. The van der Waals surface area contributed by atoms with Crippen LogP contribution in [0.15, 0.2) is 12.1 Å². The summed E-state index contributed by atoms with van der Waals surface area (Å²) in [5.74, 6) is 0.645. The van der Waals surface area contributed by atoms with E-state index in [2.05, 4.69) is 23.3 Å². The van der Waals surface area contributed by atoms with Gasteiger partial charge < -0.3 is 10.1 Å². The van der Waals surface area contributed by atoms with E-state index < -0.39 is 0 Å². The molecule has 0 fully saturated rings. The molecule has 0 saturated carbocycles. The molecule has 0 bridgehead atoms. The Hall–Kier alpha value is -1.60. The van der Waals surface area contributed by atoms with Gasteiger partial charge in [-0.15, -0.1) is 0 Å². The second kappa shape index (κ2) is 7.64. The zero-order valence-corrected chi connectivity index (χ0v) is 10.5. The first-order valence-electron chi connectivity index (χ1n) is 5.97. The van der Waals surface area contributed by atoms with Gasteiger partial charge in [-0.2, -0.15) is 5.26 Å². The predicted molar refractivity (Wildman–Crippen MR) is 67.9 cm³/mol. The van der Waals surface area contributed by atoms with E-state index in [1.54, 1.807) is 6.07 Å². The molecular formula is C13H19N3O. The van der Waals surface area contributed by atoms with Gasteiger partial charge in [-0.3, -0.25) is 0 Å². The maximum atomic E-state index is 8.92. The maximum Gasteiger partial charge on any atom is 0.144 e. The van der Waals surface area contributed by atoms with Gasteiger partial charge in [-0.25, -0.2) is 4.98 Å². The van der Waals surface area contributed by atoms with Gasteiger partial charge >= 0.3 is 0 Å². The molecule has 1 N–H and O–H groups in total. The van der Waals surface area contributed by atoms with Gasteiger partial charge in [0.2, 0.25) is 0 Å². The molecule has 1 heterocycles. The van der Waals surface area contributed by atoms with Crippen LogP contribution in [0.1, 0.15) is 31.0 Å². The van der Waals surface area contributed by atoms with Crippen LogP contribution in [-0.2, 0) is 4.74 Å². The fourth-order valence-corrected chi connectivity index (χ4v) is 1.37. The molecule has 0 unspecified atom stereocenters. The molecule has 4 heteroatoms. The lowest BCUT2D eigenvalue weighted by Crippen LogP contribution is -2.12. The highest BCUT2D eigenvalue weighted by molar-refractivity contribution is 5.52. The van der Waals surface area contributed by atoms with Crippen molar-refractivity contribution in [2.45, 2.75) is 26.7 Å². The number of nitriles is 1. The number of ether oxygens (including phenoxy) is 1. The van der Waals surface area contributed by atoms with Gasteiger partial charge in [0.15, 0.2) is 0 Å². The number of hydrogen-bond acceptors (Lipinski definition) is 4. The zero-order valence-electron chi connectivity index (χ0n) is 10.5. The summed E-state index contributed by atoms with van der Waals surface area (Å²) >= 11 is 0. The summed E-state index contributed by atoms with van der Waals surface area (Å²) in [6.07, 6.45) is 2.23. The van der Waals surface area contributed by atoms with Crippen LogP contribution >= 0.6 is 0 Å². The zero-order chi connectivity index (χ0) is 12.5. The summed E-state index contributed by atoms with van der Waals surface area (Å²) in [5.41, 5.74) is 1.47. The van der Waals surface area contributed by atoms with E-state index in [9.17, 15) is 0 Å². The number of hydrogen-bond donors (Lipinski definition) is 1. The van der Waals surface area contributed by atoms with Gasteiger partial charge in [0, 0.05) is 18.8 Å². The monoisotopic (exact) mass is 233 g/mol. The van der Waals surface area contributed by atoms with E-state index in [-0.39, 0.29) is 0 Å². The third kappa shape index (κ3) is 4.83. The highest BCUT2D eigenvalue weighted by Gasteiger charge is 2.02. The molecule has 1 aromatic heterocycles. The van der Waals surface area contributed by atoms with Crippen LogP contribution < -0.4 is 5.32 Å². The number of unbranched alkanes of at least 4 members (excludes halogenated alkanes) is 1. The topological polar surface area (TPSA) is 57.9 Å². The largest absolute Gasteiger partial charge is 0.380 e. The Kier molecular flexibility index (Phi) is 6.05. The first kappa shape index (κ1) is 13.5. The highest BCUT2D eigenvalue weighted by atomic mass is 16.5. The van der Waals surface area contributed by atoms with Crippen LogP contribution in [0.4, 0.5) is 5.82 Å². The second-order valence-corrected chi connectivity index (χ2v) is 3.85. The molecule has 1 aromatic rings. The molecule has 0 amide bonds. The molecule has 0 saturated heterocycles. The highest BCUT2D eigenvalue weighted by Crippen LogP contribution is 2.11. The second-order valence-electron chi connectivity index (χ2n) is 3.85. The van der Waals surface area contributed by atoms with Crippen molar-refractivity contribution in [1.82, 2.24) is 4.98 Å². The molecule has 0 aliphatic heterocycles. The van der Waals surface area contributed by atoms with Crippen LogP contribution in [0, 0.1) is 18.3 Å². The number of nitrogens with zero attached hydrogens (tertiary/aromatic N) is 2. The minimum Gasteiger partial charge on any atom is -0.380 e. The number of aryl methyl sites for hydroxylation is 1. The predicted octanol–water partition coefficient (Wildman–Crippen LogP) is 2.49. The Balaban J connectivity index is 2.36. The van der Waals surface area contributed by atoms with Crippen molar-refractivity contribution < 1.29 is 4.74 Å². The van der Waals surface area contributed by atoms with Crippen molar-refractivity contribution in [2.75, 3.05) is 25.1 Å². The van der Waals surface area contributed by atoms with E-state index in [0.717, 1.165) is 25.1 Å². The average Bonchev–Trinajstić information content (AvgIpc) is 2.34. The molecular weight excluding hydrogens is 214 g/mol. The van der Waals surface area contributed by atoms with Crippen LogP contribution in [0.25, 0.3) is 0 Å². The van der Waals surface area contributed by atoms with Crippen molar-refractivity contribution in [3.8, 4) is 6.07 Å². The molecule has 0 spiro atoms. The fraction of sp³-hybridized carbons (Fsp3) is 0.538. The van der Waals surface area contributed by atoms with E-state index in [0.29, 0.717) is 24.5 Å². The summed E-state index contributed by atoms with van der Waals surface area (Å²) in [4.78, 5) is 4.29. The molecule has 17 heavy (non-hydrogen) atoms. The normalized spacial score (nSPS) is 9.94. The van der Waals surface area contributed by atoms with Gasteiger partial charge in [0.25, 0.3) is 0 Å². The summed E-state index contributed by atoms with van der Waals surface area (Å²) < 4.78 is 5.43. The average molecular weight is 233 g/mol. The van der Waals surface area contributed by atoms with E-state index in [4.69, 9.17) is 10.00 Å². The summed E-state index contributed by atoms with van der Waals surface area (Å²) in [7, 11) is 0. The lowest BCUT2D eigenvalue weighted by atomic mass is 10.2. The van der Waals surface area contributed by atoms with Crippen LogP contribution in [0.3, 0.4) is 0 Å². The standard InChI is InChI=1S/C13H19N3O/c1-3-4-8-17-9-7-15-13-12(10-14)6-5-11(2)16-13/h5-6H,3-4,7-9H2,1-2H3,(H,15,16). The third-order valence-corrected chi connectivity index (χ3v) is 2.34. The molecule has 0 aliphatic rings. The Morgan fingerprint density at radius 1 is 1.41 bits per heavy atom.